The van der Waals surface area contributed by atoms with Gasteiger partial charge in [-0.05, 0) is 37.6 Å². The van der Waals surface area contributed by atoms with E-state index < -0.39 is 0 Å². The van der Waals surface area contributed by atoms with E-state index in [0.717, 1.165) is 5.56 Å². The molecule has 2 nitrogen and oxygen atoms in total. The monoisotopic (exact) mass is 174 g/mol. The molecule has 0 aromatic heterocycles. The molecule has 0 aliphatic carbocycles. The van der Waals surface area contributed by atoms with Gasteiger partial charge in [-0.25, -0.2) is 0 Å². The minimum Gasteiger partial charge on any atom is -0.301 e. The number of aryl methyl sites for hydroxylation is 2. The highest BCUT2D eigenvalue weighted by Crippen LogP contribution is 2.15. The molecule has 0 aliphatic rings. The summed E-state index contributed by atoms with van der Waals surface area (Å²) in [5.41, 5.74) is 3.53. The Balaban J connectivity index is 3.04. The Morgan fingerprint density at radius 1 is 1.31 bits per heavy atom. The molecule has 0 spiro atoms. The van der Waals surface area contributed by atoms with E-state index in [0.29, 0.717) is 0 Å². The van der Waals surface area contributed by atoms with E-state index in [1.807, 2.05) is 12.1 Å². The second-order valence-electron chi connectivity index (χ2n) is 3.19. The fourth-order valence-corrected chi connectivity index (χ4v) is 1.25. The molecule has 0 saturated heterocycles. The summed E-state index contributed by atoms with van der Waals surface area (Å²) >= 11 is 0. The molecule has 1 N–H and O–H groups in total. The third-order valence-corrected chi connectivity index (χ3v) is 2.28. The van der Waals surface area contributed by atoms with E-state index in [1.54, 1.807) is 7.05 Å². The first-order chi connectivity index (χ1) is 6.19. The van der Waals surface area contributed by atoms with Crippen LogP contribution in [-0.2, 0) is 0 Å². The molecule has 1 rings (SSSR count). The van der Waals surface area contributed by atoms with Crippen molar-refractivity contribution in [3.8, 4) is 6.07 Å². The highest BCUT2D eigenvalue weighted by molar-refractivity contribution is 5.33. The summed E-state index contributed by atoms with van der Waals surface area (Å²) in [6.45, 7) is 4.13. The Bertz CT molecular complexity index is 336. The summed E-state index contributed by atoms with van der Waals surface area (Å²) in [7, 11) is 1.79. The van der Waals surface area contributed by atoms with E-state index in [4.69, 9.17) is 5.26 Å². The number of hydrogen-bond donors (Lipinski definition) is 1. The van der Waals surface area contributed by atoms with Crippen molar-refractivity contribution in [2.45, 2.75) is 19.9 Å². The standard InChI is InChI=1S/C11H14N2/c1-8-4-5-10(6-9(8)2)11(7-12)13-3/h4-6,11,13H,1-3H3. The molecular formula is C11H14N2. The lowest BCUT2D eigenvalue weighted by atomic mass is 10.0. The Hall–Kier alpha value is -1.33. The van der Waals surface area contributed by atoms with Gasteiger partial charge in [0.15, 0.2) is 0 Å². The van der Waals surface area contributed by atoms with Gasteiger partial charge in [-0.3, -0.25) is 0 Å². The predicted molar refractivity (Wildman–Crippen MR) is 53.3 cm³/mol. The van der Waals surface area contributed by atoms with Crippen LogP contribution in [0.2, 0.25) is 0 Å². The summed E-state index contributed by atoms with van der Waals surface area (Å²) in [4.78, 5) is 0. The molecule has 1 unspecified atom stereocenters. The fourth-order valence-electron chi connectivity index (χ4n) is 1.25. The van der Waals surface area contributed by atoms with Gasteiger partial charge in [-0.1, -0.05) is 18.2 Å². The second-order valence-corrected chi connectivity index (χ2v) is 3.19. The van der Waals surface area contributed by atoms with Crippen molar-refractivity contribution in [2.75, 3.05) is 7.05 Å². The smallest absolute Gasteiger partial charge is 0.121 e. The summed E-state index contributed by atoms with van der Waals surface area (Å²) in [5, 5.41) is 11.8. The lowest BCUT2D eigenvalue weighted by molar-refractivity contribution is 0.726. The maximum Gasteiger partial charge on any atom is 0.121 e. The summed E-state index contributed by atoms with van der Waals surface area (Å²) < 4.78 is 0. The van der Waals surface area contributed by atoms with Crippen LogP contribution in [0.3, 0.4) is 0 Å². The third-order valence-electron chi connectivity index (χ3n) is 2.28. The average Bonchev–Trinajstić information content (AvgIpc) is 2.13. The van der Waals surface area contributed by atoms with Crippen LogP contribution in [0.1, 0.15) is 22.7 Å². The van der Waals surface area contributed by atoms with E-state index in [9.17, 15) is 0 Å². The first-order valence-corrected chi connectivity index (χ1v) is 4.33. The number of nitriles is 1. The van der Waals surface area contributed by atoms with Gasteiger partial charge in [0.25, 0.3) is 0 Å². The third kappa shape index (κ3) is 2.07. The molecule has 0 bridgehead atoms. The van der Waals surface area contributed by atoms with Crippen LogP contribution in [0.25, 0.3) is 0 Å². The summed E-state index contributed by atoms with van der Waals surface area (Å²) in [6.07, 6.45) is 0. The molecule has 68 valence electrons. The Morgan fingerprint density at radius 3 is 2.46 bits per heavy atom. The van der Waals surface area contributed by atoms with Crippen LogP contribution in [0.4, 0.5) is 0 Å². The van der Waals surface area contributed by atoms with Crippen LogP contribution in [-0.4, -0.2) is 7.05 Å². The van der Waals surface area contributed by atoms with Crippen molar-refractivity contribution in [1.29, 1.82) is 5.26 Å². The highest BCUT2D eigenvalue weighted by Gasteiger charge is 2.07. The van der Waals surface area contributed by atoms with Crippen molar-refractivity contribution in [2.24, 2.45) is 0 Å². The van der Waals surface area contributed by atoms with E-state index in [-0.39, 0.29) is 6.04 Å². The molecule has 1 aromatic rings. The summed E-state index contributed by atoms with van der Waals surface area (Å²) in [5.74, 6) is 0. The zero-order valence-electron chi connectivity index (χ0n) is 8.26. The van der Waals surface area contributed by atoms with Gasteiger partial charge < -0.3 is 5.32 Å². The van der Waals surface area contributed by atoms with Crippen molar-refractivity contribution < 1.29 is 0 Å². The molecule has 0 amide bonds. The van der Waals surface area contributed by atoms with Crippen molar-refractivity contribution in [3.63, 3.8) is 0 Å². The maximum absolute atomic E-state index is 8.83. The van der Waals surface area contributed by atoms with Crippen molar-refractivity contribution in [3.05, 3.63) is 34.9 Å². The van der Waals surface area contributed by atoms with Crippen LogP contribution in [0.15, 0.2) is 18.2 Å². The number of hydrogen-bond acceptors (Lipinski definition) is 2. The number of rotatable bonds is 2. The topological polar surface area (TPSA) is 35.8 Å². The van der Waals surface area contributed by atoms with Crippen molar-refractivity contribution >= 4 is 0 Å². The molecule has 2 heteroatoms. The molecule has 0 fully saturated rings. The SMILES string of the molecule is CNC(C#N)c1ccc(C)c(C)c1. The van der Waals surface area contributed by atoms with E-state index >= 15 is 0 Å². The van der Waals surface area contributed by atoms with Gasteiger partial charge in [0.2, 0.25) is 0 Å². The van der Waals surface area contributed by atoms with E-state index in [2.05, 4.69) is 31.3 Å². The zero-order valence-corrected chi connectivity index (χ0v) is 8.26. The van der Waals surface area contributed by atoms with Gasteiger partial charge in [0.05, 0.1) is 6.07 Å². The maximum atomic E-state index is 8.83. The second kappa shape index (κ2) is 4.06. The molecular weight excluding hydrogens is 160 g/mol. The number of nitrogens with one attached hydrogen (secondary N) is 1. The predicted octanol–water partition coefficient (Wildman–Crippen LogP) is 2.09. The normalized spacial score (nSPS) is 12.2. The Labute approximate surface area is 79.2 Å². The quantitative estimate of drug-likeness (QED) is 0.745. The zero-order chi connectivity index (χ0) is 9.84. The lowest BCUT2D eigenvalue weighted by Crippen LogP contribution is -2.14. The molecule has 1 atom stereocenters. The first kappa shape index (κ1) is 9.76. The number of nitrogens with zero attached hydrogens (tertiary/aromatic N) is 1. The first-order valence-electron chi connectivity index (χ1n) is 4.33. The van der Waals surface area contributed by atoms with Gasteiger partial charge >= 0.3 is 0 Å². The van der Waals surface area contributed by atoms with Crippen molar-refractivity contribution in [1.82, 2.24) is 5.32 Å². The molecule has 0 radical (unpaired) electrons. The lowest BCUT2D eigenvalue weighted by Gasteiger charge is -2.09. The van der Waals surface area contributed by atoms with E-state index in [1.165, 1.54) is 11.1 Å². The van der Waals surface area contributed by atoms with Crippen LogP contribution in [0.5, 0.6) is 0 Å². The van der Waals surface area contributed by atoms with Crippen LogP contribution >= 0.6 is 0 Å². The van der Waals surface area contributed by atoms with Gasteiger partial charge in [-0.2, -0.15) is 5.26 Å². The largest absolute Gasteiger partial charge is 0.301 e. The van der Waals surface area contributed by atoms with Crippen LogP contribution < -0.4 is 5.32 Å². The molecule has 1 aromatic carbocycles. The molecule has 0 aliphatic heterocycles. The fraction of sp³-hybridized carbons (Fsp3) is 0.364. The van der Waals surface area contributed by atoms with Gasteiger partial charge in [0.1, 0.15) is 6.04 Å². The van der Waals surface area contributed by atoms with Crippen LogP contribution in [0, 0.1) is 25.2 Å². The average molecular weight is 174 g/mol. The minimum atomic E-state index is -0.195. The Kier molecular flexibility index (Phi) is 3.05. The minimum absolute atomic E-state index is 0.195. The molecule has 0 heterocycles. The van der Waals surface area contributed by atoms with Gasteiger partial charge in [-0.15, -0.1) is 0 Å². The Morgan fingerprint density at radius 2 is 2.00 bits per heavy atom. The molecule has 13 heavy (non-hydrogen) atoms. The summed E-state index contributed by atoms with van der Waals surface area (Å²) in [6, 6.07) is 8.10. The van der Waals surface area contributed by atoms with Gasteiger partial charge in [0, 0.05) is 0 Å². The number of benzene rings is 1. The highest BCUT2D eigenvalue weighted by atomic mass is 14.9. The molecule has 0 saturated carbocycles.